The molecule has 5 aliphatic heterocycles. The first-order valence-electron chi connectivity index (χ1n) is 34.6. The summed E-state index contributed by atoms with van der Waals surface area (Å²) in [5.41, 5.74) is 5.77. The number of urea groups is 1. The number of nitrogens with two attached hydrogens (primary N) is 1. The number of piperazine rings is 1. The molecule has 1 unspecified atom stereocenters. The Morgan fingerprint density at radius 2 is 1.56 bits per heavy atom. The third-order valence-electron chi connectivity index (χ3n) is 19.4. The molecular weight excluding hydrogens is 1350 g/mol. The Balaban J connectivity index is 0.887. The lowest BCUT2D eigenvalue weighted by atomic mass is 9.80. The molecule has 4 bridgehead atoms. The number of benzene rings is 4. The summed E-state index contributed by atoms with van der Waals surface area (Å²) in [5, 5.41) is 60.1. The maximum absolute atomic E-state index is 15.2. The van der Waals surface area contributed by atoms with Crippen LogP contribution in [0.1, 0.15) is 122 Å². The number of carbonyl (C=O) groups excluding carboxylic acids is 9. The van der Waals surface area contributed by atoms with E-state index in [-0.39, 0.29) is 155 Å². The summed E-state index contributed by atoms with van der Waals surface area (Å²) >= 11 is 1.01. The number of phenols is 2. The van der Waals surface area contributed by atoms with Crippen molar-refractivity contribution in [1.29, 1.82) is 0 Å². The number of primary amides is 1. The number of phenolic OH excluding ortho intramolecular Hbond substituents is 2. The summed E-state index contributed by atoms with van der Waals surface area (Å²) in [7, 11) is 1.45. The van der Waals surface area contributed by atoms with Crippen LogP contribution in [0, 0.1) is 36.5 Å². The van der Waals surface area contributed by atoms with Crippen molar-refractivity contribution < 1.29 is 82.5 Å². The van der Waals surface area contributed by atoms with Gasteiger partial charge in [0.05, 0.1) is 50.8 Å². The number of nitrogens with one attached hydrogen (secondary N) is 5. The number of nitrogens with zero attached hydrogens (tertiary/aromatic N) is 4. The highest BCUT2D eigenvalue weighted by atomic mass is 32.1. The molecule has 0 spiro atoms. The fourth-order valence-electron chi connectivity index (χ4n) is 13.2. The topological polar surface area (TPSA) is 397 Å². The van der Waals surface area contributed by atoms with Crippen LogP contribution in [0.2, 0.25) is 0 Å². The highest BCUT2D eigenvalue weighted by Gasteiger charge is 2.50. The molecular formula is C74H92N10O18S. The largest absolute Gasteiger partial charge is 0.507 e. The molecule has 29 heteroatoms. The number of aromatic nitrogens is 1. The first-order valence-corrected chi connectivity index (χ1v) is 35.4. The Labute approximate surface area is 600 Å². The Kier molecular flexibility index (Phi) is 25.1. The van der Waals surface area contributed by atoms with E-state index in [1.54, 1.807) is 77.1 Å². The quantitative estimate of drug-likeness (QED) is 0.0156. The molecule has 10 atom stereocenters. The number of unbranched alkanes of at least 4 members (excludes halogenated alkanes) is 2. The van der Waals surface area contributed by atoms with Crippen LogP contribution < -0.4 is 47.4 Å². The van der Waals surface area contributed by atoms with E-state index in [0.717, 1.165) is 16.2 Å². The number of allylic oxidation sites excluding steroid dienone is 3. The van der Waals surface area contributed by atoms with Crippen molar-refractivity contribution in [3.05, 3.63) is 112 Å². The number of hydrogen-bond acceptors (Lipinski definition) is 21. The molecule has 3 aromatic carbocycles. The molecule has 9 rings (SSSR count). The fourth-order valence-corrected chi connectivity index (χ4v) is 14.4. The lowest BCUT2D eigenvalue weighted by Gasteiger charge is -2.35. The predicted octanol–water partition coefficient (Wildman–Crippen LogP) is 7.54. The lowest BCUT2D eigenvalue weighted by molar-refractivity contribution is -0.137. The van der Waals surface area contributed by atoms with E-state index in [9.17, 15) is 63.6 Å². The average Bonchev–Trinajstić information content (AvgIpc) is 1.65. The Morgan fingerprint density at radius 1 is 0.864 bits per heavy atom. The molecule has 1 aliphatic carbocycles. The van der Waals surface area contributed by atoms with E-state index in [4.69, 9.17) is 29.7 Å². The number of Topliss-reactive ketones (excluding diaryl/α,β-unsaturated/α-hetero) is 1. The first-order chi connectivity index (χ1) is 48.9. The number of ether oxygens (including phenoxy) is 4. The van der Waals surface area contributed by atoms with Crippen LogP contribution in [-0.2, 0) is 49.6 Å². The van der Waals surface area contributed by atoms with Crippen molar-refractivity contribution in [2.75, 3.05) is 61.9 Å². The summed E-state index contributed by atoms with van der Waals surface area (Å²) in [5.74, 6) is -8.59. The molecule has 11 N–H and O–H groups in total. The molecule has 28 nitrogen and oxygen atoms in total. The molecule has 0 saturated carbocycles. The van der Waals surface area contributed by atoms with Crippen molar-refractivity contribution in [2.45, 2.75) is 150 Å². The number of aliphatic hydroxyl groups is 2. The molecule has 103 heavy (non-hydrogen) atoms. The lowest BCUT2D eigenvalue weighted by Crippen LogP contribution is -2.54. The molecule has 6 aliphatic rings. The minimum Gasteiger partial charge on any atom is -0.507 e. The van der Waals surface area contributed by atoms with Crippen LogP contribution >= 0.6 is 11.3 Å². The van der Waals surface area contributed by atoms with Gasteiger partial charge in [-0.2, -0.15) is 0 Å². The van der Waals surface area contributed by atoms with Gasteiger partial charge in [-0.25, -0.2) is 14.6 Å². The number of ketones is 1. The Morgan fingerprint density at radius 3 is 2.23 bits per heavy atom. The van der Waals surface area contributed by atoms with E-state index in [1.807, 2.05) is 24.8 Å². The average molecular weight is 1440 g/mol. The van der Waals surface area contributed by atoms with Gasteiger partial charge in [0, 0.05) is 118 Å². The first kappa shape index (κ1) is 77.2. The van der Waals surface area contributed by atoms with Gasteiger partial charge in [0.1, 0.15) is 47.1 Å². The van der Waals surface area contributed by atoms with Crippen molar-refractivity contribution in [1.82, 2.24) is 30.7 Å². The number of carbonyl (C=O) groups is 9. The van der Waals surface area contributed by atoms with Crippen LogP contribution in [0.15, 0.2) is 89.5 Å². The van der Waals surface area contributed by atoms with Crippen LogP contribution in [0.4, 0.5) is 26.7 Å². The molecule has 0 radical (unpaired) electrons. The Hall–Kier alpha value is -9.97. The third-order valence-corrected chi connectivity index (χ3v) is 20.6. The SMILES string of the molecule is CO[C@H]1/C=C/O[C@@]2(C)Oc3c(C)c(O)c4c(=O)c(c5sc6cc(N7CCN(C(=O)OCc8ccc(NC(=O)[C@H](CCCNC(N)=O)NC(=O)C(NC(=O)CCCCCN9C(=O)C=CC9=O)C(C)C)cc8)CC7)cc(O)c6nc-5c4c3C2=O)NC(=O)/C(C)=C\C=C\[C@H](C)C[C@@H](C)[C@@H](O)[C@@H](C)[C@H](O)[C@@H]1C. The summed E-state index contributed by atoms with van der Waals surface area (Å²) < 4.78 is 24.3. The van der Waals surface area contributed by atoms with E-state index >= 15 is 4.79 Å². The summed E-state index contributed by atoms with van der Waals surface area (Å²) in [4.78, 5) is 143. The van der Waals surface area contributed by atoms with Crippen LogP contribution in [-0.4, -0.2) is 171 Å². The Bertz CT molecular complexity index is 4220. The monoisotopic (exact) mass is 1440 g/mol. The van der Waals surface area contributed by atoms with Crippen LogP contribution in [0.25, 0.3) is 31.6 Å². The number of amides is 9. The molecule has 0 aromatic heterocycles. The zero-order chi connectivity index (χ0) is 74.9. The van der Waals surface area contributed by atoms with E-state index in [0.29, 0.717) is 47.3 Å². The predicted molar refractivity (Wildman–Crippen MR) is 386 cm³/mol. The number of rotatable bonds is 20. The number of aromatic hydroxyl groups is 2. The summed E-state index contributed by atoms with van der Waals surface area (Å²) in [6.07, 6.45) is 9.51. The van der Waals surface area contributed by atoms with Crippen molar-refractivity contribution in [2.24, 2.45) is 35.3 Å². The third kappa shape index (κ3) is 17.7. The molecule has 3 aromatic rings. The second kappa shape index (κ2) is 33.4. The molecule has 552 valence electrons. The molecule has 1 saturated heterocycles. The number of imide groups is 1. The number of fused-ring (bicyclic) bond motifs is 2. The highest BCUT2D eigenvalue weighted by molar-refractivity contribution is 7.22. The van der Waals surface area contributed by atoms with Gasteiger partial charge >= 0.3 is 17.9 Å². The highest BCUT2D eigenvalue weighted by Crippen LogP contribution is 2.52. The van der Waals surface area contributed by atoms with Gasteiger partial charge in [0.25, 0.3) is 23.5 Å². The van der Waals surface area contributed by atoms with E-state index in [2.05, 4.69) is 26.6 Å². The van der Waals surface area contributed by atoms with Crippen molar-refractivity contribution >= 4 is 103 Å². The van der Waals surface area contributed by atoms with Crippen molar-refractivity contribution in [3.8, 4) is 27.8 Å². The van der Waals surface area contributed by atoms with Gasteiger partial charge in [-0.05, 0) is 93.5 Å². The van der Waals surface area contributed by atoms with E-state index in [1.165, 1.54) is 56.4 Å². The number of anilines is 3. The number of aliphatic hydroxyl groups excluding tert-OH is 2. The van der Waals surface area contributed by atoms with Gasteiger partial charge in [0.15, 0.2) is 0 Å². The van der Waals surface area contributed by atoms with Crippen LogP contribution in [0.3, 0.4) is 0 Å². The van der Waals surface area contributed by atoms with Crippen molar-refractivity contribution in [3.63, 3.8) is 0 Å². The minimum atomic E-state index is -2.08. The van der Waals surface area contributed by atoms with Gasteiger partial charge in [-0.15, -0.1) is 11.3 Å². The second-order valence-electron chi connectivity index (χ2n) is 27.4. The minimum absolute atomic E-state index is 0.0205. The smallest absolute Gasteiger partial charge is 0.410 e. The van der Waals surface area contributed by atoms with Gasteiger partial charge in [-0.1, -0.05) is 78.3 Å². The standard InChI is InChI=1S/C74H92N10O18S/c1-38(2)58(79-52(86)19-12-11-13-28-84-53(87)24-25-54(84)88)71(96)78-48(18-15-27-76-72(75)97)70(95)77-46-22-20-45(21-23-46)37-100-73(98)83-31-29-82(30-32-83)47-35-49(85)59-51(36-47)103-67-60(80-59)55-56-64(91)44(8)66-57(55)68(93)74(9,102-66)101-33-26-50(99-10)42(6)63(90)43(7)62(89)41(5)34-39(3)16-14-17-40(4)69(94)81-61(67)65(56)92/h14,16-17,20-26,33,35-36,38-39,41-43,48,50,58,62-63,85,89-91H,11-13,15,18-19,27-32,34,37H2,1-10H3,(H,77,95)(H,78,96)(H,79,86)(H,81,94)(H3,75,76,97)/b16-14+,33-26+,40-17-/t39-,41+,42+,43+,48-,50-,58?,62+,63+,74-/m0/s1. The summed E-state index contributed by atoms with van der Waals surface area (Å²) in [6, 6.07) is 6.90. The van der Waals surface area contributed by atoms with Crippen LogP contribution in [0.5, 0.6) is 17.2 Å². The summed E-state index contributed by atoms with van der Waals surface area (Å²) in [6.45, 7) is 16.5. The molecule has 5 heterocycles. The van der Waals surface area contributed by atoms with Gasteiger partial charge in [0.2, 0.25) is 23.2 Å². The van der Waals surface area contributed by atoms with E-state index < -0.39 is 101 Å². The fraction of sp³-hybridized carbons (Fsp3) is 0.473. The maximum atomic E-state index is 15.2. The molecule has 1 fully saturated rings. The second-order valence-corrected chi connectivity index (χ2v) is 28.5. The number of methoxy groups -OCH3 is 1. The number of hydrogen-bond donors (Lipinski definition) is 10. The van der Waals surface area contributed by atoms with Gasteiger partial charge in [-0.3, -0.25) is 43.3 Å². The maximum Gasteiger partial charge on any atom is 0.410 e. The zero-order valence-corrected chi connectivity index (χ0v) is 60.3. The normalized spacial score (nSPS) is 23.6. The van der Waals surface area contributed by atoms with Gasteiger partial charge < -0.3 is 81.5 Å². The zero-order valence-electron chi connectivity index (χ0n) is 59.5. The molecule has 9 amide bonds.